The second-order valence-electron chi connectivity index (χ2n) is 9.60. The number of halogens is 2. The van der Waals surface area contributed by atoms with Gasteiger partial charge in [-0.2, -0.15) is 10.1 Å². The van der Waals surface area contributed by atoms with Crippen molar-refractivity contribution in [1.29, 1.82) is 0 Å². The Kier molecular flexibility index (Phi) is 7.19. The molecule has 0 spiro atoms. The van der Waals surface area contributed by atoms with Gasteiger partial charge in [0.1, 0.15) is 5.82 Å². The molecule has 3 aromatic rings. The van der Waals surface area contributed by atoms with Gasteiger partial charge >= 0.3 is 0 Å². The molecule has 2 atom stereocenters. The summed E-state index contributed by atoms with van der Waals surface area (Å²) in [7, 11) is 1.51. The average Bonchev–Trinajstić information content (AvgIpc) is 3.52. The third kappa shape index (κ3) is 5.42. The molecule has 202 valence electrons. The lowest BCUT2D eigenvalue weighted by Gasteiger charge is -2.47. The van der Waals surface area contributed by atoms with Crippen LogP contribution in [0.1, 0.15) is 36.6 Å². The van der Waals surface area contributed by atoms with E-state index in [1.807, 2.05) is 17.9 Å². The Morgan fingerprint density at radius 2 is 2.08 bits per heavy atom. The maximum Gasteiger partial charge on any atom is 0.266 e. The summed E-state index contributed by atoms with van der Waals surface area (Å²) >= 11 is 0. The predicted molar refractivity (Wildman–Crippen MR) is 135 cm³/mol. The molecular formula is C24H30F2N10O2. The number of nitrogens with one attached hydrogen (secondary N) is 4. The van der Waals surface area contributed by atoms with Crippen LogP contribution in [0.4, 0.5) is 20.5 Å². The van der Waals surface area contributed by atoms with Crippen LogP contribution in [0.5, 0.6) is 0 Å². The molecule has 4 N–H and O–H groups in total. The highest BCUT2D eigenvalue weighted by molar-refractivity contribution is 5.88. The maximum atomic E-state index is 13.0. The zero-order valence-electron chi connectivity index (χ0n) is 21.3. The van der Waals surface area contributed by atoms with Gasteiger partial charge in [0.25, 0.3) is 12.3 Å². The van der Waals surface area contributed by atoms with Crippen molar-refractivity contribution in [3.63, 3.8) is 0 Å². The first-order valence-corrected chi connectivity index (χ1v) is 12.2. The minimum Gasteiger partial charge on any atom is -0.365 e. The fraction of sp³-hybridized carbons (Fsp3) is 0.458. The normalized spacial score (nSPS) is 20.4. The van der Waals surface area contributed by atoms with Gasteiger partial charge in [-0.3, -0.25) is 10.2 Å². The summed E-state index contributed by atoms with van der Waals surface area (Å²) in [5.41, 5.74) is 6.71. The van der Waals surface area contributed by atoms with Crippen LogP contribution in [0, 0.1) is 6.92 Å². The number of alkyl halides is 2. The lowest BCUT2D eigenvalue weighted by Crippen LogP contribution is -2.70. The monoisotopic (exact) mass is 528 g/mol. The van der Waals surface area contributed by atoms with Crippen LogP contribution < -0.4 is 26.4 Å². The first kappa shape index (κ1) is 25.9. The number of rotatable bonds is 9. The lowest BCUT2D eigenvalue weighted by molar-refractivity contribution is -0.146. The quantitative estimate of drug-likeness (QED) is 0.323. The second-order valence-corrected chi connectivity index (χ2v) is 9.60. The van der Waals surface area contributed by atoms with Gasteiger partial charge in [-0.05, 0) is 31.9 Å². The molecule has 0 saturated carbocycles. The zero-order chi connectivity index (χ0) is 26.9. The largest absolute Gasteiger partial charge is 0.365 e. The highest BCUT2D eigenvalue weighted by Crippen LogP contribution is 2.29. The molecule has 1 amide bonds. The van der Waals surface area contributed by atoms with Gasteiger partial charge in [-0.25, -0.2) is 28.9 Å². The van der Waals surface area contributed by atoms with Crippen LogP contribution in [0.2, 0.25) is 0 Å². The Balaban J connectivity index is 1.17. The summed E-state index contributed by atoms with van der Waals surface area (Å²) in [6.45, 7) is 4.84. The number of aromatic nitrogens is 5. The summed E-state index contributed by atoms with van der Waals surface area (Å²) < 4.78 is 32.5. The fourth-order valence-corrected chi connectivity index (χ4v) is 4.41. The molecule has 5 heterocycles. The van der Waals surface area contributed by atoms with Gasteiger partial charge in [-0.15, -0.1) is 0 Å². The summed E-state index contributed by atoms with van der Waals surface area (Å²) in [6.07, 6.45) is 2.29. The van der Waals surface area contributed by atoms with Crippen molar-refractivity contribution < 1.29 is 18.3 Å². The van der Waals surface area contributed by atoms with E-state index in [4.69, 9.17) is 4.74 Å². The molecule has 0 radical (unpaired) electrons. The van der Waals surface area contributed by atoms with E-state index in [9.17, 15) is 13.6 Å². The zero-order valence-corrected chi connectivity index (χ0v) is 21.3. The summed E-state index contributed by atoms with van der Waals surface area (Å²) in [6, 6.07) is 5.65. The molecule has 3 aromatic heterocycles. The summed E-state index contributed by atoms with van der Waals surface area (Å²) in [5, 5.41) is 10.2. The lowest BCUT2D eigenvalue weighted by atomic mass is 9.93. The Bertz CT molecular complexity index is 1280. The fourth-order valence-electron chi connectivity index (χ4n) is 4.41. The van der Waals surface area contributed by atoms with E-state index in [0.717, 1.165) is 23.9 Å². The molecule has 2 saturated heterocycles. The van der Waals surface area contributed by atoms with Gasteiger partial charge in [0.15, 0.2) is 11.4 Å². The second kappa shape index (κ2) is 10.6. The predicted octanol–water partition coefficient (Wildman–Crippen LogP) is 1.45. The van der Waals surface area contributed by atoms with E-state index >= 15 is 0 Å². The van der Waals surface area contributed by atoms with E-state index in [1.54, 1.807) is 18.3 Å². The number of methoxy groups -OCH3 is 1. The van der Waals surface area contributed by atoms with Gasteiger partial charge in [0.05, 0.1) is 31.0 Å². The molecule has 2 fully saturated rings. The molecule has 2 aliphatic rings. The molecule has 12 nitrogen and oxygen atoms in total. The smallest absolute Gasteiger partial charge is 0.266 e. The third-order valence-electron chi connectivity index (χ3n) is 6.59. The van der Waals surface area contributed by atoms with Gasteiger partial charge < -0.3 is 20.3 Å². The van der Waals surface area contributed by atoms with Gasteiger partial charge in [0, 0.05) is 43.9 Å². The van der Waals surface area contributed by atoms with Crippen molar-refractivity contribution in [1.82, 2.24) is 40.9 Å². The number of hydrogen-bond acceptors (Lipinski definition) is 10. The van der Waals surface area contributed by atoms with E-state index < -0.39 is 12.0 Å². The third-order valence-corrected chi connectivity index (χ3v) is 6.59. The topological polar surface area (TPSA) is 134 Å². The van der Waals surface area contributed by atoms with E-state index in [1.165, 1.54) is 18.0 Å². The first-order valence-electron chi connectivity index (χ1n) is 12.2. The standard InChI is InChI=1S/C24H30F2N10O2/c1-14-6-18(31-19-7-15(2)33-34-19)32-23(30-14)35-12-24(13-35,38-3)22(37)28-9-16-4-5-20(27-8-16)36-11-17(10-29-36)21(25)26/h4-6,8,10-11,15,19,21,33-34H,7,9,12-13H2,1-3H3,(H,28,37)(H,30,31,32). The Morgan fingerprint density at radius 3 is 2.71 bits per heavy atom. The van der Waals surface area contributed by atoms with Gasteiger partial charge in [-0.1, -0.05) is 6.07 Å². The molecule has 2 aliphatic heterocycles. The van der Waals surface area contributed by atoms with Gasteiger partial charge in [0.2, 0.25) is 5.95 Å². The number of amides is 1. The summed E-state index contributed by atoms with van der Waals surface area (Å²) in [5.74, 6) is 1.38. The number of carbonyl (C=O) groups is 1. The maximum absolute atomic E-state index is 13.0. The van der Waals surface area contributed by atoms with E-state index in [2.05, 4.69) is 48.5 Å². The number of nitrogens with zero attached hydrogens (tertiary/aromatic N) is 6. The minimum absolute atomic E-state index is 0.0607. The minimum atomic E-state index is -2.60. The van der Waals surface area contributed by atoms with Crippen molar-refractivity contribution in [2.75, 3.05) is 30.4 Å². The molecular weight excluding hydrogens is 498 g/mol. The number of hydrogen-bond donors (Lipinski definition) is 4. The number of carbonyl (C=O) groups excluding carboxylic acids is 1. The number of anilines is 2. The van der Waals surface area contributed by atoms with Crippen LogP contribution in [-0.2, 0) is 16.1 Å². The Morgan fingerprint density at radius 1 is 1.26 bits per heavy atom. The SMILES string of the molecule is COC1(C(=O)NCc2ccc(-n3cc(C(F)F)cn3)nc2)CN(c2nc(C)cc(NC3CC(C)NN3)n2)C1. The number of ether oxygens (including phenoxy) is 1. The van der Waals surface area contributed by atoms with Crippen LogP contribution in [-0.4, -0.2) is 68.6 Å². The van der Waals surface area contributed by atoms with Crippen molar-refractivity contribution >= 4 is 17.7 Å². The highest BCUT2D eigenvalue weighted by Gasteiger charge is 2.51. The molecule has 2 unspecified atom stereocenters. The van der Waals surface area contributed by atoms with E-state index in [0.29, 0.717) is 36.7 Å². The summed E-state index contributed by atoms with van der Waals surface area (Å²) in [4.78, 5) is 28.4. The first-order chi connectivity index (χ1) is 18.2. The van der Waals surface area contributed by atoms with Crippen molar-refractivity contribution in [2.45, 2.75) is 51.0 Å². The number of aryl methyl sites for hydroxylation is 1. The van der Waals surface area contributed by atoms with Crippen molar-refractivity contribution in [3.8, 4) is 5.82 Å². The van der Waals surface area contributed by atoms with Crippen LogP contribution >= 0.6 is 0 Å². The molecule has 14 heteroatoms. The molecule has 38 heavy (non-hydrogen) atoms. The molecule has 5 rings (SSSR count). The molecule has 0 aromatic carbocycles. The molecule has 0 bridgehead atoms. The van der Waals surface area contributed by atoms with Crippen LogP contribution in [0.15, 0.2) is 36.8 Å². The number of pyridine rings is 1. The van der Waals surface area contributed by atoms with Crippen molar-refractivity contribution in [3.05, 3.63) is 53.6 Å². The van der Waals surface area contributed by atoms with E-state index in [-0.39, 0.29) is 24.2 Å². The highest BCUT2D eigenvalue weighted by atomic mass is 19.3. The van der Waals surface area contributed by atoms with Crippen molar-refractivity contribution in [2.24, 2.45) is 0 Å². The van der Waals surface area contributed by atoms with Crippen LogP contribution in [0.25, 0.3) is 5.82 Å². The van der Waals surface area contributed by atoms with Crippen LogP contribution in [0.3, 0.4) is 0 Å². The molecule has 0 aliphatic carbocycles. The Hall–Kier alpha value is -3.75. The number of hydrazine groups is 1. The average molecular weight is 529 g/mol. The Labute approximate surface area is 218 Å².